The second-order valence-corrected chi connectivity index (χ2v) is 6.10. The normalized spacial score (nSPS) is 26.6. The van der Waals surface area contributed by atoms with Crippen LogP contribution in [0.25, 0.3) is 0 Å². The lowest BCUT2D eigenvalue weighted by Crippen LogP contribution is -2.42. The molecule has 3 N–H and O–H groups in total. The van der Waals surface area contributed by atoms with E-state index >= 15 is 0 Å². The fraction of sp³-hybridized carbons (Fsp3) is 0.667. The first-order chi connectivity index (χ1) is 9.63. The van der Waals surface area contributed by atoms with Crippen molar-refractivity contribution in [2.75, 3.05) is 30.3 Å². The van der Waals surface area contributed by atoms with Gasteiger partial charge in [0.1, 0.15) is 5.82 Å². The van der Waals surface area contributed by atoms with Gasteiger partial charge in [0.2, 0.25) is 5.88 Å². The lowest BCUT2D eigenvalue weighted by molar-refractivity contribution is 0.0968. The molecule has 20 heavy (non-hydrogen) atoms. The Bertz CT molecular complexity index is 476. The van der Waals surface area contributed by atoms with E-state index in [-0.39, 0.29) is 12.0 Å². The predicted molar refractivity (Wildman–Crippen MR) is 78.9 cm³/mol. The summed E-state index contributed by atoms with van der Waals surface area (Å²) in [6.45, 7) is 4.43. The first-order valence-electron chi connectivity index (χ1n) is 7.46. The number of anilines is 2. The van der Waals surface area contributed by atoms with Gasteiger partial charge in [0, 0.05) is 13.1 Å². The first kappa shape index (κ1) is 13.5. The Morgan fingerprint density at radius 1 is 1.40 bits per heavy atom. The summed E-state index contributed by atoms with van der Waals surface area (Å²) >= 11 is 0. The SMILES string of the molecule is CC1CN(c2ccc(N)c(OCC3CC3)n2)CCC1O. The Balaban J connectivity index is 1.70. The van der Waals surface area contributed by atoms with Crippen molar-refractivity contribution in [3.63, 3.8) is 0 Å². The van der Waals surface area contributed by atoms with Crippen LogP contribution in [-0.2, 0) is 0 Å². The highest BCUT2D eigenvalue weighted by Gasteiger charge is 2.26. The highest BCUT2D eigenvalue weighted by molar-refractivity contribution is 5.54. The number of hydrogen-bond acceptors (Lipinski definition) is 5. The van der Waals surface area contributed by atoms with Gasteiger partial charge in [0.25, 0.3) is 0 Å². The van der Waals surface area contributed by atoms with E-state index in [0.717, 1.165) is 31.9 Å². The summed E-state index contributed by atoms with van der Waals surface area (Å²) in [5.41, 5.74) is 6.53. The molecule has 2 atom stereocenters. The molecule has 0 bridgehead atoms. The highest BCUT2D eigenvalue weighted by Crippen LogP contribution is 2.31. The lowest BCUT2D eigenvalue weighted by atomic mass is 9.97. The summed E-state index contributed by atoms with van der Waals surface area (Å²) in [6, 6.07) is 3.80. The zero-order chi connectivity index (χ0) is 14.1. The van der Waals surface area contributed by atoms with Crippen molar-refractivity contribution in [3.05, 3.63) is 12.1 Å². The van der Waals surface area contributed by atoms with Crippen LogP contribution in [0.3, 0.4) is 0 Å². The molecular formula is C15H23N3O2. The second-order valence-electron chi connectivity index (χ2n) is 6.10. The van der Waals surface area contributed by atoms with Gasteiger partial charge in [-0.2, -0.15) is 4.98 Å². The Morgan fingerprint density at radius 3 is 2.90 bits per heavy atom. The summed E-state index contributed by atoms with van der Waals surface area (Å²) < 4.78 is 5.73. The predicted octanol–water partition coefficient (Wildman–Crippen LogP) is 1.66. The van der Waals surface area contributed by atoms with Crippen LogP contribution in [0.2, 0.25) is 0 Å². The third-order valence-electron chi connectivity index (χ3n) is 4.21. The largest absolute Gasteiger partial charge is 0.476 e. The molecule has 0 spiro atoms. The standard InChI is InChI=1S/C15H23N3O2/c1-10-8-18(7-6-13(10)19)14-5-4-12(16)15(17-14)20-9-11-2-3-11/h4-5,10-11,13,19H,2-3,6-9,16H2,1H3. The number of pyridine rings is 1. The van der Waals surface area contributed by atoms with Crippen molar-refractivity contribution in [3.8, 4) is 5.88 Å². The molecule has 2 fully saturated rings. The van der Waals surface area contributed by atoms with E-state index in [0.29, 0.717) is 17.5 Å². The number of ether oxygens (including phenoxy) is 1. The molecule has 110 valence electrons. The molecule has 2 heterocycles. The van der Waals surface area contributed by atoms with Crippen molar-refractivity contribution < 1.29 is 9.84 Å². The van der Waals surface area contributed by atoms with Gasteiger partial charge in [-0.15, -0.1) is 0 Å². The number of piperidine rings is 1. The summed E-state index contributed by atoms with van der Waals surface area (Å²) in [4.78, 5) is 6.75. The van der Waals surface area contributed by atoms with Crippen LogP contribution in [0.5, 0.6) is 5.88 Å². The topological polar surface area (TPSA) is 71.6 Å². The zero-order valence-corrected chi connectivity index (χ0v) is 12.0. The first-order valence-corrected chi connectivity index (χ1v) is 7.46. The maximum absolute atomic E-state index is 9.80. The minimum Gasteiger partial charge on any atom is -0.476 e. The fourth-order valence-electron chi connectivity index (χ4n) is 2.56. The minimum atomic E-state index is -0.203. The number of nitrogens with zero attached hydrogens (tertiary/aromatic N) is 2. The van der Waals surface area contributed by atoms with Gasteiger partial charge in [-0.3, -0.25) is 0 Å². The molecule has 1 aromatic heterocycles. The van der Waals surface area contributed by atoms with Crippen LogP contribution in [0.4, 0.5) is 11.5 Å². The molecule has 2 unspecified atom stereocenters. The molecule has 5 heteroatoms. The van der Waals surface area contributed by atoms with Gasteiger partial charge in [0.15, 0.2) is 0 Å². The van der Waals surface area contributed by atoms with E-state index in [9.17, 15) is 5.11 Å². The molecular weight excluding hydrogens is 254 g/mol. The molecule has 1 aromatic rings. The zero-order valence-electron chi connectivity index (χ0n) is 12.0. The average Bonchev–Trinajstić information content (AvgIpc) is 3.25. The minimum absolute atomic E-state index is 0.203. The van der Waals surface area contributed by atoms with Gasteiger partial charge in [-0.05, 0) is 43.2 Å². The quantitative estimate of drug-likeness (QED) is 0.875. The van der Waals surface area contributed by atoms with Gasteiger partial charge < -0.3 is 20.5 Å². The second kappa shape index (κ2) is 5.48. The van der Waals surface area contributed by atoms with Gasteiger partial charge >= 0.3 is 0 Å². The number of nitrogen functional groups attached to an aromatic ring is 1. The van der Waals surface area contributed by atoms with E-state index in [4.69, 9.17) is 10.5 Å². The van der Waals surface area contributed by atoms with E-state index in [1.807, 2.05) is 12.1 Å². The van der Waals surface area contributed by atoms with E-state index in [2.05, 4.69) is 16.8 Å². The third kappa shape index (κ3) is 2.98. The van der Waals surface area contributed by atoms with Crippen LogP contribution in [-0.4, -0.2) is 35.9 Å². The number of aliphatic hydroxyl groups excluding tert-OH is 1. The summed E-state index contributed by atoms with van der Waals surface area (Å²) in [7, 11) is 0. The fourth-order valence-corrected chi connectivity index (χ4v) is 2.56. The lowest BCUT2D eigenvalue weighted by Gasteiger charge is -2.35. The number of aliphatic hydroxyl groups is 1. The van der Waals surface area contributed by atoms with Gasteiger partial charge in [0.05, 0.1) is 18.4 Å². The van der Waals surface area contributed by atoms with E-state index in [1.54, 1.807) is 0 Å². The molecule has 1 aliphatic carbocycles. The van der Waals surface area contributed by atoms with Crippen molar-refractivity contribution in [2.24, 2.45) is 11.8 Å². The molecule has 1 saturated carbocycles. The molecule has 5 nitrogen and oxygen atoms in total. The number of nitrogens with two attached hydrogens (primary N) is 1. The van der Waals surface area contributed by atoms with Crippen LogP contribution in [0, 0.1) is 11.8 Å². The summed E-state index contributed by atoms with van der Waals surface area (Å²) in [6.07, 6.45) is 3.08. The highest BCUT2D eigenvalue weighted by atomic mass is 16.5. The Hall–Kier alpha value is -1.49. The smallest absolute Gasteiger partial charge is 0.239 e. The van der Waals surface area contributed by atoms with Crippen molar-refractivity contribution >= 4 is 11.5 Å². The Morgan fingerprint density at radius 2 is 2.20 bits per heavy atom. The van der Waals surface area contributed by atoms with Gasteiger partial charge in [-0.25, -0.2) is 0 Å². The van der Waals surface area contributed by atoms with Crippen molar-refractivity contribution in [1.82, 2.24) is 4.98 Å². The maximum Gasteiger partial charge on any atom is 0.239 e. The maximum atomic E-state index is 9.80. The van der Waals surface area contributed by atoms with Crippen LogP contribution >= 0.6 is 0 Å². The summed E-state index contributed by atoms with van der Waals surface area (Å²) in [5, 5.41) is 9.80. The average molecular weight is 277 g/mol. The number of rotatable bonds is 4. The van der Waals surface area contributed by atoms with Crippen LogP contribution in [0.15, 0.2) is 12.1 Å². The molecule has 0 amide bonds. The van der Waals surface area contributed by atoms with E-state index < -0.39 is 0 Å². The van der Waals surface area contributed by atoms with Crippen LogP contribution < -0.4 is 15.4 Å². The number of hydrogen-bond donors (Lipinski definition) is 2. The molecule has 0 aromatic carbocycles. The Kier molecular flexibility index (Phi) is 3.70. The molecule has 2 aliphatic rings. The summed E-state index contributed by atoms with van der Waals surface area (Å²) in [5.74, 6) is 2.39. The molecule has 1 aliphatic heterocycles. The third-order valence-corrected chi connectivity index (χ3v) is 4.21. The van der Waals surface area contributed by atoms with Crippen LogP contribution in [0.1, 0.15) is 26.2 Å². The van der Waals surface area contributed by atoms with Crippen molar-refractivity contribution in [2.45, 2.75) is 32.3 Å². The van der Waals surface area contributed by atoms with Crippen molar-refractivity contribution in [1.29, 1.82) is 0 Å². The molecule has 3 rings (SSSR count). The number of aromatic nitrogens is 1. The monoisotopic (exact) mass is 277 g/mol. The van der Waals surface area contributed by atoms with Gasteiger partial charge in [-0.1, -0.05) is 6.92 Å². The molecule has 0 radical (unpaired) electrons. The molecule has 1 saturated heterocycles. The Labute approximate surface area is 119 Å². The van der Waals surface area contributed by atoms with E-state index in [1.165, 1.54) is 12.8 Å².